The molecule has 0 aromatic carbocycles. The Kier molecular flexibility index (Phi) is 3.77. The van der Waals surface area contributed by atoms with Gasteiger partial charge >= 0.3 is 23.8 Å². The zero-order valence-corrected chi connectivity index (χ0v) is 9.09. The molecule has 0 unspecified atom stereocenters. The van der Waals surface area contributed by atoms with Gasteiger partial charge in [0.1, 0.15) is 0 Å². The van der Waals surface area contributed by atoms with Crippen LogP contribution in [0.25, 0.3) is 0 Å². The summed E-state index contributed by atoms with van der Waals surface area (Å²) in [6.45, 7) is 0. The number of hydrogen-bond acceptors (Lipinski definition) is 6. The summed E-state index contributed by atoms with van der Waals surface area (Å²) in [5, 5.41) is 19.2. The van der Waals surface area contributed by atoms with E-state index >= 15 is 0 Å². The molecule has 0 spiro atoms. The molecule has 1 aromatic heterocycles. The normalized spacial score (nSPS) is 10.9. The van der Waals surface area contributed by atoms with Crippen LogP contribution in [-0.4, -0.2) is 34.5 Å². The first kappa shape index (κ1) is 14.5. The molecule has 0 saturated heterocycles. The Balaban J connectivity index is 3.45. The van der Waals surface area contributed by atoms with Gasteiger partial charge in [0.15, 0.2) is 5.75 Å². The molecule has 0 radical (unpaired) electrons. The van der Waals surface area contributed by atoms with Gasteiger partial charge < -0.3 is 24.7 Å². The Hall–Kier alpha value is -2.59. The molecule has 0 amide bonds. The van der Waals surface area contributed by atoms with Crippen LogP contribution in [0, 0.1) is 10.1 Å². The average molecular weight is 282 g/mol. The molecule has 0 atom stereocenters. The van der Waals surface area contributed by atoms with Crippen LogP contribution >= 0.6 is 0 Å². The van der Waals surface area contributed by atoms with E-state index < -0.39 is 40.3 Å². The standard InChI is InChI=1S/C8H5F3N2O6/c1-18-3-2-4(19-8(9,10)11)6(13(16)17)12-5(3)7(14)15/h2H,1H3,(H,14,15). The molecule has 1 N–H and O–H groups in total. The predicted octanol–water partition coefficient (Wildman–Crippen LogP) is 1.60. The fourth-order valence-corrected chi connectivity index (χ4v) is 1.11. The zero-order valence-electron chi connectivity index (χ0n) is 9.09. The van der Waals surface area contributed by atoms with Gasteiger partial charge in [0.2, 0.25) is 5.75 Å². The number of nitrogens with zero attached hydrogens (tertiary/aromatic N) is 2. The van der Waals surface area contributed by atoms with Crippen LogP contribution in [0.1, 0.15) is 10.5 Å². The molecule has 0 aliphatic rings. The number of carboxylic acids is 1. The van der Waals surface area contributed by atoms with Gasteiger partial charge in [-0.2, -0.15) is 0 Å². The van der Waals surface area contributed by atoms with Crippen molar-refractivity contribution in [1.29, 1.82) is 0 Å². The first-order valence-corrected chi connectivity index (χ1v) is 4.38. The van der Waals surface area contributed by atoms with Crippen LogP contribution in [0.5, 0.6) is 11.5 Å². The average Bonchev–Trinajstić information content (AvgIpc) is 2.25. The fraction of sp³-hybridized carbons (Fsp3) is 0.250. The van der Waals surface area contributed by atoms with E-state index in [9.17, 15) is 28.1 Å². The minimum Gasteiger partial charge on any atom is -0.492 e. The Morgan fingerprint density at radius 2 is 2.05 bits per heavy atom. The van der Waals surface area contributed by atoms with Gasteiger partial charge in [0, 0.05) is 6.07 Å². The van der Waals surface area contributed by atoms with Gasteiger partial charge in [-0.15, -0.1) is 13.2 Å². The van der Waals surface area contributed by atoms with Crippen molar-refractivity contribution in [2.24, 2.45) is 0 Å². The lowest BCUT2D eigenvalue weighted by Crippen LogP contribution is -2.19. The second-order valence-electron chi connectivity index (χ2n) is 2.97. The maximum Gasteiger partial charge on any atom is 0.573 e. The number of halogens is 3. The topological polar surface area (TPSA) is 112 Å². The molecule has 0 aliphatic carbocycles. The first-order valence-electron chi connectivity index (χ1n) is 4.38. The Morgan fingerprint density at radius 1 is 1.47 bits per heavy atom. The monoisotopic (exact) mass is 282 g/mol. The molecule has 1 heterocycles. The summed E-state index contributed by atoms with van der Waals surface area (Å²) in [5.41, 5.74) is -0.899. The molecular weight excluding hydrogens is 277 g/mol. The number of alkyl halides is 3. The molecular formula is C8H5F3N2O6. The Morgan fingerprint density at radius 3 is 2.42 bits per heavy atom. The maximum absolute atomic E-state index is 12.0. The predicted molar refractivity (Wildman–Crippen MR) is 51.1 cm³/mol. The highest BCUT2D eigenvalue weighted by Crippen LogP contribution is 2.35. The van der Waals surface area contributed by atoms with Crippen molar-refractivity contribution in [2.75, 3.05) is 7.11 Å². The number of rotatable bonds is 4. The third-order valence-corrected chi connectivity index (χ3v) is 1.75. The minimum atomic E-state index is -5.19. The SMILES string of the molecule is COc1cc(OC(F)(F)F)c([N+](=O)[O-])nc1C(=O)O. The van der Waals surface area contributed by atoms with E-state index in [-0.39, 0.29) is 0 Å². The smallest absolute Gasteiger partial charge is 0.492 e. The lowest BCUT2D eigenvalue weighted by atomic mass is 10.3. The third-order valence-electron chi connectivity index (χ3n) is 1.75. The van der Waals surface area contributed by atoms with Crippen molar-refractivity contribution in [1.82, 2.24) is 4.98 Å². The zero-order chi connectivity index (χ0) is 14.8. The van der Waals surface area contributed by atoms with Crippen molar-refractivity contribution < 1.29 is 37.5 Å². The van der Waals surface area contributed by atoms with Gasteiger partial charge in [0.05, 0.1) is 7.11 Å². The Bertz CT molecular complexity index is 530. The number of ether oxygens (including phenoxy) is 2. The molecule has 11 heteroatoms. The van der Waals surface area contributed by atoms with Crippen molar-refractivity contribution in [2.45, 2.75) is 6.36 Å². The van der Waals surface area contributed by atoms with Gasteiger partial charge in [-0.05, 0) is 9.91 Å². The lowest BCUT2D eigenvalue weighted by Gasteiger charge is -2.10. The van der Waals surface area contributed by atoms with Crippen molar-refractivity contribution in [3.63, 3.8) is 0 Å². The highest BCUT2D eigenvalue weighted by Gasteiger charge is 2.37. The molecule has 19 heavy (non-hydrogen) atoms. The second-order valence-corrected chi connectivity index (χ2v) is 2.97. The van der Waals surface area contributed by atoms with E-state index in [2.05, 4.69) is 14.5 Å². The van der Waals surface area contributed by atoms with E-state index in [1.807, 2.05) is 0 Å². The lowest BCUT2D eigenvalue weighted by molar-refractivity contribution is -0.393. The van der Waals surface area contributed by atoms with Crippen LogP contribution < -0.4 is 9.47 Å². The fourth-order valence-electron chi connectivity index (χ4n) is 1.11. The van der Waals surface area contributed by atoms with E-state index in [4.69, 9.17) is 5.11 Å². The summed E-state index contributed by atoms with van der Waals surface area (Å²) < 4.78 is 44.0. The summed E-state index contributed by atoms with van der Waals surface area (Å²) in [5.74, 6) is -4.94. The van der Waals surface area contributed by atoms with Crippen LogP contribution in [-0.2, 0) is 0 Å². The van der Waals surface area contributed by atoms with E-state index in [1.54, 1.807) is 0 Å². The van der Waals surface area contributed by atoms with Crippen molar-refractivity contribution in [3.8, 4) is 11.5 Å². The van der Waals surface area contributed by atoms with Crippen LogP contribution in [0.3, 0.4) is 0 Å². The number of aromatic nitrogens is 1. The highest BCUT2D eigenvalue weighted by molar-refractivity contribution is 5.89. The molecule has 0 fully saturated rings. The largest absolute Gasteiger partial charge is 0.573 e. The Labute approximate surface area is 102 Å². The van der Waals surface area contributed by atoms with Crippen molar-refractivity contribution in [3.05, 3.63) is 21.9 Å². The van der Waals surface area contributed by atoms with Gasteiger partial charge in [-0.1, -0.05) is 0 Å². The number of carboxylic acid groups (broad SMARTS) is 1. The number of pyridine rings is 1. The van der Waals surface area contributed by atoms with Gasteiger partial charge in [0.25, 0.3) is 0 Å². The minimum absolute atomic E-state index is 0.433. The summed E-state index contributed by atoms with van der Waals surface area (Å²) in [7, 11) is 0.965. The molecule has 104 valence electrons. The molecule has 0 aliphatic heterocycles. The highest BCUT2D eigenvalue weighted by atomic mass is 19.4. The molecule has 1 aromatic rings. The first-order chi connectivity index (χ1) is 8.65. The summed E-state index contributed by atoms with van der Waals surface area (Å²) in [4.78, 5) is 22.9. The van der Waals surface area contributed by atoms with E-state index in [0.29, 0.717) is 6.07 Å². The van der Waals surface area contributed by atoms with Gasteiger partial charge in [-0.25, -0.2) is 4.79 Å². The quantitative estimate of drug-likeness (QED) is 0.659. The van der Waals surface area contributed by atoms with Crippen LogP contribution in [0.2, 0.25) is 0 Å². The molecule has 0 saturated carbocycles. The van der Waals surface area contributed by atoms with Crippen LogP contribution in [0.4, 0.5) is 19.0 Å². The third kappa shape index (κ3) is 3.43. The second kappa shape index (κ2) is 4.96. The van der Waals surface area contributed by atoms with E-state index in [0.717, 1.165) is 7.11 Å². The number of hydrogen-bond donors (Lipinski definition) is 1. The summed E-state index contributed by atoms with van der Waals surface area (Å²) in [6.07, 6.45) is -5.19. The molecule has 8 nitrogen and oxygen atoms in total. The molecule has 1 rings (SSSR count). The molecule has 0 bridgehead atoms. The number of aromatic carboxylic acids is 1. The van der Waals surface area contributed by atoms with E-state index in [1.165, 1.54) is 0 Å². The number of carbonyl (C=O) groups is 1. The van der Waals surface area contributed by atoms with Crippen molar-refractivity contribution >= 4 is 11.8 Å². The van der Waals surface area contributed by atoms with Crippen LogP contribution in [0.15, 0.2) is 6.07 Å². The van der Waals surface area contributed by atoms with Gasteiger partial charge in [-0.3, -0.25) is 0 Å². The number of nitro groups is 1. The summed E-state index contributed by atoms with van der Waals surface area (Å²) >= 11 is 0. The number of methoxy groups -OCH3 is 1. The maximum atomic E-state index is 12.0. The summed E-state index contributed by atoms with van der Waals surface area (Å²) in [6, 6.07) is 0.433.